The molecule has 10 heteroatoms. The lowest BCUT2D eigenvalue weighted by molar-refractivity contribution is -0.192. The molecular formula is C15H19F3N2O5. The molecule has 140 valence electrons. The zero-order valence-electron chi connectivity index (χ0n) is 13.3. The first-order chi connectivity index (χ1) is 11.7. The van der Waals surface area contributed by atoms with E-state index >= 15 is 0 Å². The highest BCUT2D eigenvalue weighted by atomic mass is 19.4. The van der Waals surface area contributed by atoms with E-state index in [1.807, 2.05) is 0 Å². The average Bonchev–Trinajstić information content (AvgIpc) is 3.19. The normalized spacial score (nSPS) is 26.0. The summed E-state index contributed by atoms with van der Waals surface area (Å²) in [5, 5.41) is 13.5. The van der Waals surface area contributed by atoms with E-state index in [1.54, 1.807) is 12.1 Å². The van der Waals surface area contributed by atoms with Crippen LogP contribution in [0.3, 0.4) is 0 Å². The fourth-order valence-electron chi connectivity index (χ4n) is 2.83. The molecule has 3 heterocycles. The molecule has 1 spiro atoms. The molecule has 0 radical (unpaired) electrons. The molecule has 0 saturated carbocycles. The van der Waals surface area contributed by atoms with Crippen molar-refractivity contribution in [1.82, 2.24) is 10.6 Å². The summed E-state index contributed by atoms with van der Waals surface area (Å²) in [4.78, 5) is 20.8. The first-order valence-corrected chi connectivity index (χ1v) is 7.71. The van der Waals surface area contributed by atoms with Crippen LogP contribution in [0.1, 0.15) is 29.8 Å². The highest BCUT2D eigenvalue weighted by Gasteiger charge is 2.40. The number of carboxylic acid groups (broad SMARTS) is 1. The van der Waals surface area contributed by atoms with Gasteiger partial charge in [-0.1, -0.05) is 0 Å². The molecule has 1 aromatic rings. The first-order valence-electron chi connectivity index (χ1n) is 7.71. The maximum absolute atomic E-state index is 11.9. The van der Waals surface area contributed by atoms with Crippen molar-refractivity contribution >= 4 is 11.9 Å². The molecule has 3 N–H and O–H groups in total. The number of alkyl halides is 3. The molecule has 0 bridgehead atoms. The lowest BCUT2D eigenvalue weighted by Gasteiger charge is -2.37. The van der Waals surface area contributed by atoms with Crippen molar-refractivity contribution in [2.75, 3.05) is 19.7 Å². The Hall–Kier alpha value is -2.07. The van der Waals surface area contributed by atoms with Crippen molar-refractivity contribution in [3.63, 3.8) is 0 Å². The molecule has 2 aliphatic rings. The van der Waals surface area contributed by atoms with Crippen molar-refractivity contribution in [3.05, 3.63) is 24.2 Å². The van der Waals surface area contributed by atoms with Gasteiger partial charge in [0, 0.05) is 19.2 Å². The quantitative estimate of drug-likeness (QED) is 0.736. The van der Waals surface area contributed by atoms with Crippen LogP contribution in [0.4, 0.5) is 13.2 Å². The second kappa shape index (κ2) is 7.87. The molecule has 0 aromatic carbocycles. The summed E-state index contributed by atoms with van der Waals surface area (Å²) >= 11 is 0. The molecule has 2 atom stereocenters. The third-order valence-corrected chi connectivity index (χ3v) is 4.02. The second-order valence-corrected chi connectivity index (χ2v) is 5.90. The number of amides is 1. The molecule has 0 unspecified atom stereocenters. The highest BCUT2D eigenvalue weighted by Crippen LogP contribution is 2.30. The van der Waals surface area contributed by atoms with Gasteiger partial charge in [-0.2, -0.15) is 13.2 Å². The highest BCUT2D eigenvalue weighted by molar-refractivity contribution is 5.91. The van der Waals surface area contributed by atoms with Gasteiger partial charge in [-0.25, -0.2) is 4.79 Å². The Labute approximate surface area is 141 Å². The predicted octanol–water partition coefficient (Wildman–Crippen LogP) is 1.55. The molecule has 2 saturated heterocycles. The van der Waals surface area contributed by atoms with Gasteiger partial charge in [0.2, 0.25) is 0 Å². The minimum absolute atomic E-state index is 0.0701. The molecule has 2 aliphatic heterocycles. The fourth-order valence-corrected chi connectivity index (χ4v) is 2.83. The van der Waals surface area contributed by atoms with Crippen molar-refractivity contribution in [2.24, 2.45) is 0 Å². The molecule has 2 fully saturated rings. The second-order valence-electron chi connectivity index (χ2n) is 5.90. The third-order valence-electron chi connectivity index (χ3n) is 4.02. The number of nitrogens with one attached hydrogen (secondary N) is 2. The van der Waals surface area contributed by atoms with Gasteiger partial charge in [-0.3, -0.25) is 4.79 Å². The molecule has 0 aliphatic carbocycles. The average molecular weight is 364 g/mol. The lowest BCUT2D eigenvalue weighted by atomic mass is 9.89. The topological polar surface area (TPSA) is 101 Å². The number of rotatable bonds is 2. The monoisotopic (exact) mass is 364 g/mol. The molecular weight excluding hydrogens is 345 g/mol. The largest absolute Gasteiger partial charge is 0.490 e. The standard InChI is InChI=1S/C13H18N2O3.C2HF3O2/c16-12(11-2-1-6-17-11)15-10-3-7-18-13(8-10)4-5-14-9-13;3-2(4,5)1(6)7/h1-2,6,10,14H,3-5,7-9H2,(H,15,16);(H,6,7)/t10-,13-;/m1./s1. The van der Waals surface area contributed by atoms with Crippen LogP contribution in [0.25, 0.3) is 0 Å². The minimum Gasteiger partial charge on any atom is -0.475 e. The van der Waals surface area contributed by atoms with E-state index < -0.39 is 12.1 Å². The number of ether oxygens (including phenoxy) is 1. The van der Waals surface area contributed by atoms with Crippen LogP contribution in [-0.2, 0) is 9.53 Å². The maximum Gasteiger partial charge on any atom is 0.490 e. The zero-order chi connectivity index (χ0) is 18.5. The summed E-state index contributed by atoms with van der Waals surface area (Å²) in [5.41, 5.74) is -0.0701. The van der Waals surface area contributed by atoms with Gasteiger partial charge < -0.3 is 24.9 Å². The summed E-state index contributed by atoms with van der Waals surface area (Å²) in [6.07, 6.45) is -0.790. The van der Waals surface area contributed by atoms with Crippen molar-refractivity contribution in [2.45, 2.75) is 37.1 Å². The summed E-state index contributed by atoms with van der Waals surface area (Å²) < 4.78 is 42.7. The van der Waals surface area contributed by atoms with Crippen LogP contribution in [0, 0.1) is 0 Å². The Morgan fingerprint density at radius 2 is 2.12 bits per heavy atom. The Bertz CT molecular complexity index is 582. The number of hydrogen-bond donors (Lipinski definition) is 3. The fraction of sp³-hybridized carbons (Fsp3) is 0.600. The Morgan fingerprint density at radius 1 is 1.40 bits per heavy atom. The smallest absolute Gasteiger partial charge is 0.475 e. The van der Waals surface area contributed by atoms with Gasteiger partial charge in [-0.15, -0.1) is 0 Å². The van der Waals surface area contributed by atoms with Crippen LogP contribution in [-0.4, -0.2) is 54.5 Å². The van der Waals surface area contributed by atoms with Gasteiger partial charge in [-0.05, 0) is 37.9 Å². The number of carbonyl (C=O) groups is 2. The van der Waals surface area contributed by atoms with Crippen molar-refractivity contribution < 1.29 is 37.0 Å². The van der Waals surface area contributed by atoms with Crippen LogP contribution >= 0.6 is 0 Å². The maximum atomic E-state index is 11.9. The minimum atomic E-state index is -5.08. The summed E-state index contributed by atoms with van der Waals surface area (Å²) in [7, 11) is 0. The predicted molar refractivity (Wildman–Crippen MR) is 79.1 cm³/mol. The van der Waals surface area contributed by atoms with Crippen LogP contribution in [0.5, 0.6) is 0 Å². The Morgan fingerprint density at radius 3 is 2.64 bits per heavy atom. The van der Waals surface area contributed by atoms with Crippen molar-refractivity contribution in [3.8, 4) is 0 Å². The van der Waals surface area contributed by atoms with E-state index in [-0.39, 0.29) is 17.6 Å². The molecule has 1 aromatic heterocycles. The van der Waals surface area contributed by atoms with Gasteiger partial charge in [0.25, 0.3) is 5.91 Å². The van der Waals surface area contributed by atoms with Crippen LogP contribution in [0.2, 0.25) is 0 Å². The summed E-state index contributed by atoms with van der Waals surface area (Å²) in [5.74, 6) is -2.51. The van der Waals surface area contributed by atoms with Crippen LogP contribution < -0.4 is 10.6 Å². The summed E-state index contributed by atoms with van der Waals surface area (Å²) in [6, 6.07) is 3.58. The SMILES string of the molecule is O=C(N[C@@H]1CCO[C@]2(CCNC2)C1)c1ccco1.O=C(O)C(F)(F)F. The molecule has 7 nitrogen and oxygen atoms in total. The molecule has 25 heavy (non-hydrogen) atoms. The molecule has 3 rings (SSSR count). The first kappa shape index (κ1) is 19.3. The number of carboxylic acids is 1. The van der Waals surface area contributed by atoms with E-state index in [0.29, 0.717) is 12.4 Å². The molecule has 1 amide bonds. The zero-order valence-corrected chi connectivity index (χ0v) is 13.3. The van der Waals surface area contributed by atoms with Gasteiger partial charge in [0.05, 0.1) is 11.9 Å². The van der Waals surface area contributed by atoms with Gasteiger partial charge in [0.15, 0.2) is 5.76 Å². The van der Waals surface area contributed by atoms with E-state index in [0.717, 1.165) is 32.4 Å². The Balaban J connectivity index is 0.000000277. The number of aliphatic carboxylic acids is 1. The van der Waals surface area contributed by atoms with E-state index in [1.165, 1.54) is 6.26 Å². The number of halogens is 3. The van der Waals surface area contributed by atoms with E-state index in [9.17, 15) is 18.0 Å². The van der Waals surface area contributed by atoms with Gasteiger partial charge in [0.1, 0.15) is 0 Å². The number of carbonyl (C=O) groups excluding carboxylic acids is 1. The van der Waals surface area contributed by atoms with Crippen molar-refractivity contribution in [1.29, 1.82) is 0 Å². The lowest BCUT2D eigenvalue weighted by Crippen LogP contribution is -2.49. The van der Waals surface area contributed by atoms with Gasteiger partial charge >= 0.3 is 12.1 Å². The van der Waals surface area contributed by atoms with Crippen LogP contribution in [0.15, 0.2) is 22.8 Å². The number of hydrogen-bond acceptors (Lipinski definition) is 5. The third kappa shape index (κ3) is 5.46. The Kier molecular flexibility index (Phi) is 6.07. The van der Waals surface area contributed by atoms with E-state index in [2.05, 4.69) is 10.6 Å². The van der Waals surface area contributed by atoms with E-state index in [4.69, 9.17) is 19.1 Å². The number of furan rings is 1. The summed E-state index contributed by atoms with van der Waals surface area (Å²) in [6.45, 7) is 2.60.